The molecule has 0 aromatic heterocycles. The Hall–Kier alpha value is -1.84. The largest absolute Gasteiger partial charge is 0.328 e. The average Bonchev–Trinajstić information content (AvgIpc) is 2.56. The van der Waals surface area contributed by atoms with Crippen LogP contribution in [0.4, 0.5) is 0 Å². The lowest BCUT2D eigenvalue weighted by Gasteiger charge is -2.30. The molecule has 1 aliphatic rings. The minimum absolute atomic E-state index is 0.751. The minimum atomic E-state index is 0.751. The molecule has 0 amide bonds. The molecule has 0 bridgehead atoms. The van der Waals surface area contributed by atoms with E-state index in [4.69, 9.17) is 11.6 Å². The van der Waals surface area contributed by atoms with E-state index in [0.717, 1.165) is 43.3 Å². The van der Waals surface area contributed by atoms with Gasteiger partial charge in [0.15, 0.2) is 0 Å². The Labute approximate surface area is 143 Å². The minimum Gasteiger partial charge on any atom is -0.328 e. The van der Waals surface area contributed by atoms with Crippen molar-refractivity contribution < 1.29 is 4.90 Å². The topological polar surface area (TPSA) is 20.0 Å². The Balaban J connectivity index is 1.49. The normalized spacial score (nSPS) is 16.2. The molecule has 1 heterocycles. The van der Waals surface area contributed by atoms with E-state index in [1.54, 1.807) is 4.90 Å². The van der Waals surface area contributed by atoms with Gasteiger partial charge in [0.2, 0.25) is 0 Å². The first kappa shape index (κ1) is 16.0. The maximum Gasteiger partial charge on any atom is 0.103 e. The van der Waals surface area contributed by atoms with Crippen LogP contribution < -0.4 is 4.90 Å². The van der Waals surface area contributed by atoms with E-state index in [9.17, 15) is 0 Å². The van der Waals surface area contributed by atoms with Gasteiger partial charge in [0, 0.05) is 10.6 Å². The SMILES string of the molecule is Cc1ccc(C[NH+]2CCN(N=Cc3cccc(Cl)c3)CC2)cc1. The Bertz CT molecular complexity index is 659. The highest BCUT2D eigenvalue weighted by molar-refractivity contribution is 6.30. The molecule has 0 spiro atoms. The van der Waals surface area contributed by atoms with Gasteiger partial charge in [-0.15, -0.1) is 0 Å². The average molecular weight is 329 g/mol. The molecule has 0 radical (unpaired) electrons. The number of hydrazone groups is 1. The highest BCUT2D eigenvalue weighted by Crippen LogP contribution is 2.09. The maximum absolute atomic E-state index is 5.99. The van der Waals surface area contributed by atoms with Crippen molar-refractivity contribution in [2.24, 2.45) is 5.10 Å². The molecule has 120 valence electrons. The van der Waals surface area contributed by atoms with Gasteiger partial charge >= 0.3 is 0 Å². The lowest BCUT2D eigenvalue weighted by Crippen LogP contribution is -3.13. The fourth-order valence-corrected chi connectivity index (χ4v) is 3.03. The van der Waals surface area contributed by atoms with Crippen LogP contribution in [0.25, 0.3) is 0 Å². The number of nitrogens with one attached hydrogen (secondary N) is 1. The van der Waals surface area contributed by atoms with E-state index < -0.39 is 0 Å². The Morgan fingerprint density at radius 3 is 2.57 bits per heavy atom. The summed E-state index contributed by atoms with van der Waals surface area (Å²) in [6.07, 6.45) is 1.90. The summed E-state index contributed by atoms with van der Waals surface area (Å²) in [7, 11) is 0. The highest BCUT2D eigenvalue weighted by atomic mass is 35.5. The summed E-state index contributed by atoms with van der Waals surface area (Å²) < 4.78 is 0. The van der Waals surface area contributed by atoms with E-state index in [0.29, 0.717) is 0 Å². The third-order valence-corrected chi connectivity index (χ3v) is 4.48. The molecule has 23 heavy (non-hydrogen) atoms. The Morgan fingerprint density at radius 2 is 1.87 bits per heavy atom. The van der Waals surface area contributed by atoms with Crippen LogP contribution in [0.5, 0.6) is 0 Å². The molecule has 3 nitrogen and oxygen atoms in total. The van der Waals surface area contributed by atoms with Crippen LogP contribution in [-0.4, -0.2) is 37.4 Å². The molecule has 0 saturated carbocycles. The summed E-state index contributed by atoms with van der Waals surface area (Å²) in [4.78, 5) is 1.63. The van der Waals surface area contributed by atoms with Crippen molar-refractivity contribution in [2.45, 2.75) is 13.5 Å². The van der Waals surface area contributed by atoms with Gasteiger partial charge in [-0.1, -0.05) is 53.6 Å². The van der Waals surface area contributed by atoms with E-state index in [1.165, 1.54) is 11.1 Å². The molecule has 0 unspecified atom stereocenters. The first-order chi connectivity index (χ1) is 11.2. The molecule has 4 heteroatoms. The molecular formula is C19H23ClN3+. The first-order valence-electron chi connectivity index (χ1n) is 8.13. The maximum atomic E-state index is 5.99. The molecule has 1 fully saturated rings. The van der Waals surface area contributed by atoms with Crippen LogP contribution >= 0.6 is 11.6 Å². The van der Waals surface area contributed by atoms with Crippen LogP contribution in [0.15, 0.2) is 53.6 Å². The Kier molecular flexibility index (Phi) is 5.31. The third-order valence-electron chi connectivity index (χ3n) is 4.24. The molecule has 2 aromatic carbocycles. The molecule has 1 aliphatic heterocycles. The number of nitrogens with zero attached hydrogens (tertiary/aromatic N) is 2. The zero-order valence-corrected chi connectivity index (χ0v) is 14.3. The summed E-state index contributed by atoms with van der Waals surface area (Å²) in [6.45, 7) is 7.48. The van der Waals surface area contributed by atoms with Gasteiger partial charge in [0.25, 0.3) is 0 Å². The fourth-order valence-electron chi connectivity index (χ4n) is 2.83. The van der Waals surface area contributed by atoms with Crippen LogP contribution in [0.3, 0.4) is 0 Å². The summed E-state index contributed by atoms with van der Waals surface area (Å²) in [5.41, 5.74) is 3.79. The number of quaternary nitrogens is 1. The van der Waals surface area contributed by atoms with E-state index in [-0.39, 0.29) is 0 Å². The van der Waals surface area contributed by atoms with Crippen LogP contribution in [0, 0.1) is 6.92 Å². The van der Waals surface area contributed by atoms with Crippen molar-refractivity contribution >= 4 is 17.8 Å². The quantitative estimate of drug-likeness (QED) is 0.854. The third kappa shape index (κ3) is 4.81. The molecule has 0 aliphatic carbocycles. The summed E-state index contributed by atoms with van der Waals surface area (Å²) in [5, 5.41) is 7.49. The van der Waals surface area contributed by atoms with Crippen LogP contribution in [0.2, 0.25) is 5.02 Å². The number of hydrogen-bond acceptors (Lipinski definition) is 2. The zero-order chi connectivity index (χ0) is 16.1. The second kappa shape index (κ2) is 7.62. The van der Waals surface area contributed by atoms with Gasteiger partial charge in [-0.2, -0.15) is 5.10 Å². The molecule has 2 aromatic rings. The van der Waals surface area contributed by atoms with Crippen molar-refractivity contribution in [3.63, 3.8) is 0 Å². The number of piperazine rings is 1. The fraction of sp³-hybridized carbons (Fsp3) is 0.316. The number of benzene rings is 2. The summed E-state index contributed by atoms with van der Waals surface area (Å²) >= 11 is 5.99. The predicted octanol–water partition coefficient (Wildman–Crippen LogP) is 2.38. The Morgan fingerprint density at radius 1 is 1.13 bits per heavy atom. The summed E-state index contributed by atoms with van der Waals surface area (Å²) in [5.74, 6) is 0. The van der Waals surface area contributed by atoms with Crippen LogP contribution in [-0.2, 0) is 6.54 Å². The van der Waals surface area contributed by atoms with Crippen molar-refractivity contribution in [1.82, 2.24) is 5.01 Å². The van der Waals surface area contributed by atoms with Crippen molar-refractivity contribution in [3.05, 3.63) is 70.2 Å². The number of aryl methyl sites for hydroxylation is 1. The smallest absolute Gasteiger partial charge is 0.103 e. The molecule has 1 N–H and O–H groups in total. The molecule has 1 saturated heterocycles. The number of halogens is 1. The summed E-state index contributed by atoms with van der Waals surface area (Å²) in [6, 6.07) is 16.7. The van der Waals surface area contributed by atoms with Gasteiger partial charge in [-0.3, -0.25) is 5.01 Å². The molecule has 3 rings (SSSR count). The van der Waals surface area contributed by atoms with Crippen molar-refractivity contribution in [1.29, 1.82) is 0 Å². The van der Waals surface area contributed by atoms with Gasteiger partial charge in [-0.05, 0) is 24.6 Å². The van der Waals surface area contributed by atoms with Crippen molar-refractivity contribution in [2.75, 3.05) is 26.2 Å². The molecular weight excluding hydrogens is 306 g/mol. The van der Waals surface area contributed by atoms with E-state index >= 15 is 0 Å². The van der Waals surface area contributed by atoms with Crippen molar-refractivity contribution in [3.8, 4) is 0 Å². The molecule has 0 atom stereocenters. The lowest BCUT2D eigenvalue weighted by atomic mass is 10.1. The van der Waals surface area contributed by atoms with Crippen LogP contribution in [0.1, 0.15) is 16.7 Å². The van der Waals surface area contributed by atoms with Gasteiger partial charge < -0.3 is 4.90 Å². The lowest BCUT2D eigenvalue weighted by molar-refractivity contribution is -0.918. The highest BCUT2D eigenvalue weighted by Gasteiger charge is 2.18. The monoisotopic (exact) mass is 328 g/mol. The number of rotatable bonds is 4. The number of hydrogen-bond donors (Lipinski definition) is 1. The predicted molar refractivity (Wildman–Crippen MR) is 96.2 cm³/mol. The van der Waals surface area contributed by atoms with Gasteiger partial charge in [0.05, 0.1) is 32.4 Å². The second-order valence-electron chi connectivity index (χ2n) is 6.17. The second-order valence-corrected chi connectivity index (χ2v) is 6.60. The van der Waals surface area contributed by atoms with Gasteiger partial charge in [0.1, 0.15) is 6.54 Å². The zero-order valence-electron chi connectivity index (χ0n) is 13.5. The van der Waals surface area contributed by atoms with Gasteiger partial charge in [-0.25, -0.2) is 0 Å². The van der Waals surface area contributed by atoms with E-state index in [2.05, 4.69) is 41.3 Å². The van der Waals surface area contributed by atoms with E-state index in [1.807, 2.05) is 30.5 Å². The first-order valence-corrected chi connectivity index (χ1v) is 8.50. The standard InChI is InChI=1S/C19H22ClN3/c1-16-5-7-17(8-6-16)15-22-9-11-23(12-10-22)21-14-18-3-2-4-19(20)13-18/h2-8,13-14H,9-12,15H2,1H3/p+1.